The standard InChI is InChI=1S/C15H12Cl2F3NO2.ClH/c16-11-3-1-2-10(14(11)17)9-4-5-12(23-15(18,19)20)13(8-9)22-7-6-21;/h1-5,8H,6-7,21H2;1H. The largest absolute Gasteiger partial charge is 0.573 e. The molecule has 9 heteroatoms. The summed E-state index contributed by atoms with van der Waals surface area (Å²) in [5.74, 6) is -0.533. The number of nitrogens with two attached hydrogens (primary N) is 1. The van der Waals surface area contributed by atoms with Crippen LogP contribution < -0.4 is 15.2 Å². The van der Waals surface area contributed by atoms with E-state index in [1.165, 1.54) is 12.1 Å². The van der Waals surface area contributed by atoms with Crippen LogP contribution in [-0.4, -0.2) is 19.5 Å². The summed E-state index contributed by atoms with van der Waals surface area (Å²) in [5, 5.41) is 0.632. The molecule has 0 saturated heterocycles. The summed E-state index contributed by atoms with van der Waals surface area (Å²) in [4.78, 5) is 0. The number of halogens is 6. The number of hydrogen-bond acceptors (Lipinski definition) is 3. The first-order valence-corrected chi connectivity index (χ1v) is 7.24. The lowest BCUT2D eigenvalue weighted by Gasteiger charge is -2.15. The number of rotatable bonds is 5. The third kappa shape index (κ3) is 5.34. The van der Waals surface area contributed by atoms with Gasteiger partial charge in [-0.1, -0.05) is 41.4 Å². The van der Waals surface area contributed by atoms with Gasteiger partial charge in [-0.3, -0.25) is 0 Å². The quantitative estimate of drug-likeness (QED) is 0.736. The lowest BCUT2D eigenvalue weighted by atomic mass is 10.1. The smallest absolute Gasteiger partial charge is 0.488 e. The fourth-order valence-electron chi connectivity index (χ4n) is 1.89. The maximum atomic E-state index is 12.4. The second kappa shape index (κ2) is 8.67. The maximum Gasteiger partial charge on any atom is 0.573 e. The monoisotopic (exact) mass is 401 g/mol. The van der Waals surface area contributed by atoms with Crippen LogP contribution >= 0.6 is 35.6 Å². The first-order valence-electron chi connectivity index (χ1n) is 6.49. The highest BCUT2D eigenvalue weighted by Crippen LogP contribution is 2.39. The van der Waals surface area contributed by atoms with Crippen LogP contribution in [0.2, 0.25) is 10.0 Å². The van der Waals surface area contributed by atoms with E-state index in [0.29, 0.717) is 21.2 Å². The van der Waals surface area contributed by atoms with Gasteiger partial charge in [0.1, 0.15) is 6.61 Å². The van der Waals surface area contributed by atoms with Gasteiger partial charge in [-0.05, 0) is 23.8 Å². The Kier molecular flexibility index (Phi) is 7.48. The Morgan fingerprint density at radius 3 is 2.38 bits per heavy atom. The molecule has 2 N–H and O–H groups in total. The fraction of sp³-hybridized carbons (Fsp3) is 0.200. The van der Waals surface area contributed by atoms with Crippen molar-refractivity contribution in [1.29, 1.82) is 0 Å². The van der Waals surface area contributed by atoms with Crippen molar-refractivity contribution in [2.45, 2.75) is 6.36 Å². The van der Waals surface area contributed by atoms with Crippen molar-refractivity contribution in [3.05, 3.63) is 46.4 Å². The van der Waals surface area contributed by atoms with Gasteiger partial charge in [0.05, 0.1) is 10.0 Å². The second-order valence-electron chi connectivity index (χ2n) is 4.45. The second-order valence-corrected chi connectivity index (χ2v) is 5.23. The van der Waals surface area contributed by atoms with Gasteiger partial charge < -0.3 is 15.2 Å². The minimum Gasteiger partial charge on any atom is -0.488 e. The molecule has 0 heterocycles. The van der Waals surface area contributed by atoms with Crippen molar-refractivity contribution in [3.8, 4) is 22.6 Å². The Morgan fingerprint density at radius 1 is 1.04 bits per heavy atom. The number of ether oxygens (including phenoxy) is 2. The van der Waals surface area contributed by atoms with E-state index in [2.05, 4.69) is 4.74 Å². The molecule has 0 unspecified atom stereocenters. The predicted octanol–water partition coefficient (Wildman–Crippen LogP) is 5.32. The summed E-state index contributed by atoms with van der Waals surface area (Å²) in [6.07, 6.45) is -4.82. The van der Waals surface area contributed by atoms with Gasteiger partial charge >= 0.3 is 6.36 Å². The van der Waals surface area contributed by atoms with Crippen LogP contribution in [0.1, 0.15) is 0 Å². The van der Waals surface area contributed by atoms with E-state index in [1.54, 1.807) is 18.2 Å². The van der Waals surface area contributed by atoms with Gasteiger partial charge in [0.15, 0.2) is 11.5 Å². The van der Waals surface area contributed by atoms with E-state index in [4.69, 9.17) is 33.7 Å². The van der Waals surface area contributed by atoms with Gasteiger partial charge in [-0.15, -0.1) is 25.6 Å². The van der Waals surface area contributed by atoms with E-state index in [0.717, 1.165) is 6.07 Å². The van der Waals surface area contributed by atoms with Crippen LogP contribution in [0.5, 0.6) is 11.5 Å². The molecule has 0 saturated carbocycles. The van der Waals surface area contributed by atoms with Crippen LogP contribution in [0.3, 0.4) is 0 Å². The summed E-state index contributed by atoms with van der Waals surface area (Å²) in [6, 6.07) is 8.99. The fourth-order valence-corrected chi connectivity index (χ4v) is 2.30. The van der Waals surface area contributed by atoms with Gasteiger partial charge in [0, 0.05) is 12.1 Å². The van der Waals surface area contributed by atoms with E-state index < -0.39 is 12.1 Å². The highest BCUT2D eigenvalue weighted by atomic mass is 35.5. The third-order valence-corrected chi connectivity index (χ3v) is 3.63. The summed E-state index contributed by atoms with van der Waals surface area (Å²) < 4.78 is 46.5. The average molecular weight is 403 g/mol. The number of benzene rings is 2. The molecule has 0 bridgehead atoms. The molecule has 132 valence electrons. The van der Waals surface area contributed by atoms with Crippen LogP contribution in [0.15, 0.2) is 36.4 Å². The molecule has 0 fully saturated rings. The zero-order valence-electron chi connectivity index (χ0n) is 12.1. The molecule has 0 amide bonds. The average Bonchev–Trinajstić information content (AvgIpc) is 2.48. The van der Waals surface area contributed by atoms with Crippen molar-refractivity contribution in [1.82, 2.24) is 0 Å². The van der Waals surface area contributed by atoms with Gasteiger partial charge in [0.2, 0.25) is 0 Å². The summed E-state index contributed by atoms with van der Waals surface area (Å²) in [6.45, 7) is 0.189. The molecule has 3 nitrogen and oxygen atoms in total. The Balaban J connectivity index is 0.00000288. The normalized spacial score (nSPS) is 10.9. The van der Waals surface area contributed by atoms with Crippen LogP contribution in [0.25, 0.3) is 11.1 Å². The summed E-state index contributed by atoms with van der Waals surface area (Å²) in [5.41, 5.74) is 6.43. The van der Waals surface area contributed by atoms with E-state index in [-0.39, 0.29) is 31.3 Å². The minimum absolute atomic E-state index is 0. The van der Waals surface area contributed by atoms with E-state index in [1.807, 2.05) is 0 Å². The van der Waals surface area contributed by atoms with Crippen LogP contribution in [-0.2, 0) is 0 Å². The molecule has 0 atom stereocenters. The molecule has 0 spiro atoms. The number of alkyl halides is 3. The molecule has 2 rings (SSSR count). The molecule has 24 heavy (non-hydrogen) atoms. The van der Waals surface area contributed by atoms with Gasteiger partial charge in [-0.25, -0.2) is 0 Å². The highest BCUT2D eigenvalue weighted by Gasteiger charge is 2.32. The van der Waals surface area contributed by atoms with Crippen molar-refractivity contribution in [3.63, 3.8) is 0 Å². The van der Waals surface area contributed by atoms with Gasteiger partial charge in [0.25, 0.3) is 0 Å². The first-order chi connectivity index (χ1) is 10.8. The van der Waals surface area contributed by atoms with Crippen molar-refractivity contribution in [2.75, 3.05) is 13.2 Å². The lowest BCUT2D eigenvalue weighted by molar-refractivity contribution is -0.275. The summed E-state index contributed by atoms with van der Waals surface area (Å²) in [7, 11) is 0. The molecule has 2 aromatic carbocycles. The molecular weight excluding hydrogens is 390 g/mol. The Hall–Kier alpha value is -1.34. The van der Waals surface area contributed by atoms with Gasteiger partial charge in [-0.2, -0.15) is 0 Å². The molecule has 0 aromatic heterocycles. The minimum atomic E-state index is -4.82. The zero-order valence-corrected chi connectivity index (χ0v) is 14.4. The lowest BCUT2D eigenvalue weighted by Crippen LogP contribution is -2.18. The van der Waals surface area contributed by atoms with Crippen molar-refractivity contribution in [2.24, 2.45) is 5.73 Å². The SMILES string of the molecule is Cl.NCCOc1cc(-c2cccc(Cl)c2Cl)ccc1OC(F)(F)F. The highest BCUT2D eigenvalue weighted by molar-refractivity contribution is 6.43. The molecule has 0 aliphatic rings. The molecular formula is C15H13Cl3F3NO2. The molecule has 0 aliphatic heterocycles. The molecule has 0 radical (unpaired) electrons. The topological polar surface area (TPSA) is 44.5 Å². The van der Waals surface area contributed by atoms with Crippen molar-refractivity contribution >= 4 is 35.6 Å². The Morgan fingerprint density at radius 2 is 1.75 bits per heavy atom. The summed E-state index contributed by atoms with van der Waals surface area (Å²) >= 11 is 12.1. The maximum absolute atomic E-state index is 12.4. The molecule has 2 aromatic rings. The van der Waals surface area contributed by atoms with Crippen LogP contribution in [0.4, 0.5) is 13.2 Å². The predicted molar refractivity (Wildman–Crippen MR) is 90.4 cm³/mol. The number of hydrogen-bond donors (Lipinski definition) is 1. The van der Waals surface area contributed by atoms with E-state index in [9.17, 15) is 13.2 Å². The zero-order chi connectivity index (χ0) is 17.0. The van der Waals surface area contributed by atoms with Crippen molar-refractivity contribution < 1.29 is 22.6 Å². The molecule has 0 aliphatic carbocycles. The Bertz CT molecular complexity index is 696. The van der Waals surface area contributed by atoms with E-state index >= 15 is 0 Å². The first kappa shape index (κ1) is 20.7. The Labute approximate surface area is 152 Å². The third-order valence-electron chi connectivity index (χ3n) is 2.81. The van der Waals surface area contributed by atoms with Crippen LogP contribution in [0, 0.1) is 0 Å².